The fourth-order valence-electron chi connectivity index (χ4n) is 4.58. The highest BCUT2D eigenvalue weighted by atomic mass is 16.4. The summed E-state index contributed by atoms with van der Waals surface area (Å²) < 4.78 is 0. The first-order valence-corrected chi connectivity index (χ1v) is 7.74. The molecule has 2 amide bonds. The molecule has 0 spiro atoms. The molecule has 0 saturated heterocycles. The summed E-state index contributed by atoms with van der Waals surface area (Å²) >= 11 is 0. The van der Waals surface area contributed by atoms with Crippen molar-refractivity contribution in [3.8, 4) is 0 Å². The summed E-state index contributed by atoms with van der Waals surface area (Å²) in [4.78, 5) is 24.6. The highest BCUT2D eigenvalue weighted by molar-refractivity contribution is 5.80. The van der Waals surface area contributed by atoms with E-state index in [9.17, 15) is 9.59 Å². The molecule has 3 fully saturated rings. The summed E-state index contributed by atoms with van der Waals surface area (Å²) in [7, 11) is 0. The second-order valence-corrected chi connectivity index (χ2v) is 7.13. The molecule has 2 N–H and O–H groups in total. The Balaban J connectivity index is 1.56. The van der Waals surface area contributed by atoms with Crippen molar-refractivity contribution >= 4 is 12.0 Å². The minimum absolute atomic E-state index is 0.195. The molecule has 0 aromatic rings. The van der Waals surface area contributed by atoms with Crippen LogP contribution in [0.25, 0.3) is 0 Å². The van der Waals surface area contributed by atoms with Gasteiger partial charge in [0.15, 0.2) is 0 Å². The van der Waals surface area contributed by atoms with Crippen LogP contribution >= 0.6 is 0 Å². The lowest BCUT2D eigenvalue weighted by Gasteiger charge is -2.24. The molecule has 4 atom stereocenters. The monoisotopic (exact) mass is 280 g/mol. The first kappa shape index (κ1) is 13.7. The molecular weight excluding hydrogens is 256 g/mol. The van der Waals surface area contributed by atoms with E-state index in [0.29, 0.717) is 24.4 Å². The van der Waals surface area contributed by atoms with Crippen LogP contribution < -0.4 is 5.32 Å². The molecule has 0 aliphatic heterocycles. The Kier molecular flexibility index (Phi) is 3.38. The van der Waals surface area contributed by atoms with Crippen molar-refractivity contribution in [1.82, 2.24) is 10.2 Å². The van der Waals surface area contributed by atoms with Crippen molar-refractivity contribution in [2.45, 2.75) is 39.2 Å². The number of carboxylic acids is 1. The van der Waals surface area contributed by atoms with Crippen molar-refractivity contribution in [1.29, 1.82) is 0 Å². The summed E-state index contributed by atoms with van der Waals surface area (Å²) in [5.41, 5.74) is 0. The number of hydrogen-bond donors (Lipinski definition) is 2. The van der Waals surface area contributed by atoms with Crippen LogP contribution in [0.3, 0.4) is 0 Å². The van der Waals surface area contributed by atoms with Gasteiger partial charge in [0.2, 0.25) is 0 Å². The molecule has 0 aromatic carbocycles. The zero-order chi connectivity index (χ0) is 14.4. The quantitative estimate of drug-likeness (QED) is 0.806. The highest BCUT2D eigenvalue weighted by Gasteiger charge is 2.65. The zero-order valence-electron chi connectivity index (χ0n) is 12.2. The van der Waals surface area contributed by atoms with Gasteiger partial charge in [0.25, 0.3) is 0 Å². The van der Waals surface area contributed by atoms with Crippen molar-refractivity contribution in [3.63, 3.8) is 0 Å². The maximum Gasteiger partial charge on any atom is 0.323 e. The molecule has 112 valence electrons. The number of rotatable bonds is 5. The highest BCUT2D eigenvalue weighted by Crippen LogP contribution is 2.65. The molecule has 0 heterocycles. The molecule has 20 heavy (non-hydrogen) atoms. The maximum atomic E-state index is 12.3. The number of urea groups is 1. The van der Waals surface area contributed by atoms with Crippen LogP contribution in [0.4, 0.5) is 4.79 Å². The summed E-state index contributed by atoms with van der Waals surface area (Å²) in [6.07, 6.45) is 4.00. The number of carboxylic acid groups (broad SMARTS) is 1. The number of amides is 2. The summed E-state index contributed by atoms with van der Waals surface area (Å²) in [6.45, 7) is 4.27. The lowest BCUT2D eigenvalue weighted by atomic mass is 10.0. The fourth-order valence-corrected chi connectivity index (χ4v) is 4.58. The van der Waals surface area contributed by atoms with E-state index in [0.717, 1.165) is 11.8 Å². The third-order valence-electron chi connectivity index (χ3n) is 5.22. The van der Waals surface area contributed by atoms with E-state index in [1.54, 1.807) is 0 Å². The van der Waals surface area contributed by atoms with Crippen molar-refractivity contribution in [2.75, 3.05) is 13.1 Å². The minimum Gasteiger partial charge on any atom is -0.480 e. The fraction of sp³-hybridized carbons (Fsp3) is 0.867. The first-order chi connectivity index (χ1) is 9.47. The van der Waals surface area contributed by atoms with Gasteiger partial charge in [-0.2, -0.15) is 0 Å². The van der Waals surface area contributed by atoms with Gasteiger partial charge in [0, 0.05) is 12.6 Å². The van der Waals surface area contributed by atoms with E-state index in [1.165, 1.54) is 24.2 Å². The molecule has 3 aliphatic carbocycles. The van der Waals surface area contributed by atoms with Gasteiger partial charge in [0.05, 0.1) is 0 Å². The molecule has 0 radical (unpaired) electrons. The number of fused-ring (bicyclic) bond motifs is 5. The SMILES string of the molecule is CC(C)CN(CC(=O)O)C(=O)NC1C2C3CCC(C3)C12. The van der Waals surface area contributed by atoms with Gasteiger partial charge in [-0.1, -0.05) is 13.8 Å². The van der Waals surface area contributed by atoms with Crippen molar-refractivity contribution in [2.24, 2.45) is 29.6 Å². The summed E-state index contributed by atoms with van der Waals surface area (Å²) in [5, 5.41) is 12.0. The number of hydrogen-bond acceptors (Lipinski definition) is 2. The Morgan fingerprint density at radius 1 is 1.25 bits per heavy atom. The van der Waals surface area contributed by atoms with Crippen LogP contribution in [0, 0.1) is 29.6 Å². The van der Waals surface area contributed by atoms with Gasteiger partial charge < -0.3 is 15.3 Å². The van der Waals surface area contributed by atoms with Crippen molar-refractivity contribution < 1.29 is 14.7 Å². The van der Waals surface area contributed by atoms with Crippen LogP contribution in [0.2, 0.25) is 0 Å². The van der Waals surface area contributed by atoms with Crippen LogP contribution in [0.1, 0.15) is 33.1 Å². The third kappa shape index (κ3) is 2.38. The van der Waals surface area contributed by atoms with Gasteiger partial charge in [-0.15, -0.1) is 0 Å². The molecule has 0 aromatic heterocycles. The zero-order valence-corrected chi connectivity index (χ0v) is 12.2. The van der Waals surface area contributed by atoms with Gasteiger partial charge in [-0.3, -0.25) is 4.79 Å². The second-order valence-electron chi connectivity index (χ2n) is 7.13. The normalized spacial score (nSPS) is 36.9. The van der Waals surface area contributed by atoms with E-state index < -0.39 is 5.97 Å². The van der Waals surface area contributed by atoms with E-state index in [4.69, 9.17) is 5.11 Å². The minimum atomic E-state index is -0.947. The average molecular weight is 280 g/mol. The lowest BCUT2D eigenvalue weighted by Crippen LogP contribution is -2.46. The van der Waals surface area contributed by atoms with Crippen LogP contribution in [-0.4, -0.2) is 41.1 Å². The maximum absolute atomic E-state index is 12.3. The average Bonchev–Trinajstić information content (AvgIpc) is 2.76. The summed E-state index contributed by atoms with van der Waals surface area (Å²) in [5.74, 6) is 2.32. The number of nitrogens with zero attached hydrogens (tertiary/aromatic N) is 1. The Bertz CT molecular complexity index is 407. The Morgan fingerprint density at radius 3 is 2.35 bits per heavy atom. The van der Waals surface area contributed by atoms with Crippen LogP contribution in [0.5, 0.6) is 0 Å². The number of aliphatic carboxylic acids is 1. The lowest BCUT2D eigenvalue weighted by molar-refractivity contribution is -0.137. The van der Waals surface area contributed by atoms with E-state index in [2.05, 4.69) is 5.32 Å². The second kappa shape index (κ2) is 4.93. The molecule has 3 rings (SSSR count). The number of nitrogens with one attached hydrogen (secondary N) is 1. The number of carbonyl (C=O) groups is 2. The number of carbonyl (C=O) groups excluding carboxylic acids is 1. The molecule has 3 aliphatic rings. The summed E-state index contributed by atoms with van der Waals surface area (Å²) in [6, 6.07) is 0.122. The van der Waals surface area contributed by atoms with Crippen LogP contribution in [-0.2, 0) is 4.79 Å². The molecule has 2 bridgehead atoms. The molecule has 5 nitrogen and oxygen atoms in total. The Hall–Kier alpha value is -1.26. The first-order valence-electron chi connectivity index (χ1n) is 7.74. The predicted octanol–water partition coefficient (Wildman–Crippen LogP) is 1.78. The molecular formula is C15H24N2O3. The van der Waals surface area contributed by atoms with Gasteiger partial charge in [-0.25, -0.2) is 4.79 Å². The largest absolute Gasteiger partial charge is 0.480 e. The standard InChI is InChI=1S/C15H24N2O3/c1-8(2)6-17(7-11(18)19)15(20)16-14-12-9-3-4-10(5-9)13(12)14/h8-10,12-14H,3-7H2,1-2H3,(H,16,20)(H,18,19). The predicted molar refractivity (Wildman–Crippen MR) is 74.2 cm³/mol. The van der Waals surface area contributed by atoms with Gasteiger partial charge in [-0.05, 0) is 48.9 Å². The van der Waals surface area contributed by atoms with Gasteiger partial charge in [0.1, 0.15) is 6.54 Å². The van der Waals surface area contributed by atoms with Crippen LogP contribution in [0.15, 0.2) is 0 Å². The molecule has 5 heteroatoms. The third-order valence-corrected chi connectivity index (χ3v) is 5.22. The smallest absolute Gasteiger partial charge is 0.323 e. The topological polar surface area (TPSA) is 69.6 Å². The molecule has 4 unspecified atom stereocenters. The van der Waals surface area contributed by atoms with Crippen molar-refractivity contribution in [3.05, 3.63) is 0 Å². The van der Waals surface area contributed by atoms with E-state index in [1.807, 2.05) is 13.8 Å². The Morgan fingerprint density at radius 2 is 1.85 bits per heavy atom. The van der Waals surface area contributed by atoms with Gasteiger partial charge >= 0.3 is 12.0 Å². The van der Waals surface area contributed by atoms with E-state index >= 15 is 0 Å². The molecule has 3 saturated carbocycles. The Labute approximate surface area is 119 Å². The van der Waals surface area contributed by atoms with E-state index in [-0.39, 0.29) is 18.5 Å².